The maximum Gasteiger partial charge on any atom is 0.435 e. The number of H-pyrrole nitrogens is 1. The van der Waals surface area contributed by atoms with Crippen molar-refractivity contribution in [2.75, 3.05) is 11.4 Å². The van der Waals surface area contributed by atoms with Crippen LogP contribution in [0.5, 0.6) is 0 Å². The van der Waals surface area contributed by atoms with E-state index in [1.807, 2.05) is 0 Å². The standard InChI is InChI=1S/C23H23ClF4N6O2/c1-5-33(21(35)36-22(2,3)4)15-7-12(25)6-13-16-18(14(24)9-30-20(16)31-17(13)15)34-10-11(8-29)19(32-34)23(26,27)28/h6-7,9-10H,5,8,29H2,1-4H3,(H,30,31). The lowest BCUT2D eigenvalue weighted by Crippen LogP contribution is -2.37. The quantitative estimate of drug-likeness (QED) is 0.321. The molecule has 1 amide bonds. The number of aromatic amines is 1. The van der Waals surface area contributed by atoms with Crippen LogP contribution in [0, 0.1) is 5.82 Å². The minimum absolute atomic E-state index is 0.0199. The summed E-state index contributed by atoms with van der Waals surface area (Å²) in [4.78, 5) is 21.4. The lowest BCUT2D eigenvalue weighted by molar-refractivity contribution is -0.141. The van der Waals surface area contributed by atoms with E-state index in [1.165, 1.54) is 17.2 Å². The smallest absolute Gasteiger partial charge is 0.435 e. The molecule has 0 radical (unpaired) electrons. The average molecular weight is 527 g/mol. The molecule has 0 fully saturated rings. The number of pyridine rings is 1. The summed E-state index contributed by atoms with van der Waals surface area (Å²) in [6.45, 7) is 6.55. The van der Waals surface area contributed by atoms with Gasteiger partial charge >= 0.3 is 12.3 Å². The summed E-state index contributed by atoms with van der Waals surface area (Å²) >= 11 is 6.38. The van der Waals surface area contributed by atoms with Gasteiger partial charge in [-0.3, -0.25) is 4.90 Å². The van der Waals surface area contributed by atoms with Gasteiger partial charge in [-0.05, 0) is 39.8 Å². The van der Waals surface area contributed by atoms with Crippen LogP contribution < -0.4 is 10.6 Å². The predicted octanol–water partition coefficient (Wildman–Crippen LogP) is 5.93. The van der Waals surface area contributed by atoms with E-state index >= 15 is 0 Å². The molecule has 4 aromatic rings. The van der Waals surface area contributed by atoms with E-state index in [0.29, 0.717) is 5.52 Å². The second kappa shape index (κ2) is 8.93. The number of halogens is 5. The van der Waals surface area contributed by atoms with Gasteiger partial charge in [0, 0.05) is 30.2 Å². The Labute approximate surface area is 208 Å². The number of ether oxygens (including phenoxy) is 1. The third-order valence-electron chi connectivity index (χ3n) is 5.33. The van der Waals surface area contributed by atoms with Crippen molar-refractivity contribution in [3.63, 3.8) is 0 Å². The van der Waals surface area contributed by atoms with E-state index in [1.54, 1.807) is 27.7 Å². The van der Waals surface area contributed by atoms with Gasteiger partial charge in [0.1, 0.15) is 17.1 Å². The number of nitrogens with two attached hydrogens (primary N) is 1. The van der Waals surface area contributed by atoms with Gasteiger partial charge in [0.15, 0.2) is 5.69 Å². The number of aromatic nitrogens is 4. The van der Waals surface area contributed by atoms with Crippen LogP contribution in [0.25, 0.3) is 27.6 Å². The summed E-state index contributed by atoms with van der Waals surface area (Å²) in [6, 6.07) is 2.34. The van der Waals surface area contributed by atoms with Crippen molar-refractivity contribution in [1.29, 1.82) is 0 Å². The third kappa shape index (κ3) is 4.58. The molecule has 0 spiro atoms. The first kappa shape index (κ1) is 25.7. The monoisotopic (exact) mass is 526 g/mol. The molecule has 1 aromatic carbocycles. The molecule has 36 heavy (non-hydrogen) atoms. The normalized spacial score (nSPS) is 12.5. The largest absolute Gasteiger partial charge is 0.443 e. The molecule has 3 aromatic heterocycles. The van der Waals surface area contributed by atoms with E-state index < -0.39 is 35.9 Å². The van der Waals surface area contributed by atoms with Crippen molar-refractivity contribution in [2.45, 2.75) is 46.0 Å². The van der Waals surface area contributed by atoms with Crippen LogP contribution in [0.1, 0.15) is 39.0 Å². The van der Waals surface area contributed by atoms with Crippen LogP contribution in [0.3, 0.4) is 0 Å². The van der Waals surface area contributed by atoms with Crippen LogP contribution >= 0.6 is 11.6 Å². The highest BCUT2D eigenvalue weighted by molar-refractivity contribution is 6.34. The summed E-state index contributed by atoms with van der Waals surface area (Å²) in [5.41, 5.74) is 4.07. The maximum atomic E-state index is 14.9. The van der Waals surface area contributed by atoms with Crippen molar-refractivity contribution in [2.24, 2.45) is 5.73 Å². The van der Waals surface area contributed by atoms with Crippen LogP contribution in [-0.4, -0.2) is 38.0 Å². The van der Waals surface area contributed by atoms with Crippen LogP contribution in [0.15, 0.2) is 24.5 Å². The number of hydrogen-bond donors (Lipinski definition) is 2. The number of carbonyl (C=O) groups excluding carboxylic acids is 1. The molecule has 0 aliphatic rings. The van der Waals surface area contributed by atoms with Crippen LogP contribution in [0.2, 0.25) is 5.02 Å². The summed E-state index contributed by atoms with van der Waals surface area (Å²) in [7, 11) is 0. The molecule has 4 rings (SSSR count). The number of fused-ring (bicyclic) bond motifs is 3. The number of carbonyl (C=O) groups is 1. The number of benzene rings is 1. The number of anilines is 1. The zero-order valence-electron chi connectivity index (χ0n) is 19.8. The fraction of sp³-hybridized carbons (Fsp3) is 0.348. The summed E-state index contributed by atoms with van der Waals surface area (Å²) < 4.78 is 61.9. The molecule has 13 heteroatoms. The van der Waals surface area contributed by atoms with E-state index in [4.69, 9.17) is 22.1 Å². The highest BCUT2D eigenvalue weighted by Crippen LogP contribution is 2.39. The zero-order valence-corrected chi connectivity index (χ0v) is 20.6. The topological polar surface area (TPSA) is 102 Å². The van der Waals surface area contributed by atoms with Gasteiger partial charge in [-0.1, -0.05) is 11.6 Å². The Bertz CT molecular complexity index is 1470. The molecule has 8 nitrogen and oxygen atoms in total. The van der Waals surface area contributed by atoms with E-state index in [0.717, 1.165) is 16.9 Å². The number of amides is 1. The molecular formula is C23H23ClF4N6O2. The molecule has 0 saturated carbocycles. The summed E-state index contributed by atoms with van der Waals surface area (Å²) in [6.07, 6.45) is -3.07. The lowest BCUT2D eigenvalue weighted by atomic mass is 10.1. The first-order chi connectivity index (χ1) is 16.7. The molecule has 0 unspecified atom stereocenters. The first-order valence-corrected chi connectivity index (χ1v) is 11.3. The van der Waals surface area contributed by atoms with Gasteiger partial charge in [-0.25, -0.2) is 18.9 Å². The van der Waals surface area contributed by atoms with E-state index in [9.17, 15) is 22.4 Å². The average Bonchev–Trinajstić information content (AvgIpc) is 3.35. The van der Waals surface area contributed by atoms with Crippen LogP contribution in [-0.2, 0) is 17.5 Å². The number of alkyl halides is 3. The molecule has 0 saturated heterocycles. The third-order valence-corrected chi connectivity index (χ3v) is 5.61. The molecule has 3 heterocycles. The Balaban J connectivity index is 2.01. The highest BCUT2D eigenvalue weighted by atomic mass is 35.5. The van der Waals surface area contributed by atoms with Gasteiger partial charge < -0.3 is 15.5 Å². The van der Waals surface area contributed by atoms with Gasteiger partial charge in [0.05, 0.1) is 33.5 Å². The SMILES string of the molecule is CCN(C(=O)OC(C)(C)C)c1cc(F)cc2c1[nH]c1ncc(Cl)c(-n3cc(CN)c(C(F)(F)F)n3)c12. The first-order valence-electron chi connectivity index (χ1n) is 10.9. The Kier molecular flexibility index (Phi) is 6.38. The molecule has 0 atom stereocenters. The van der Waals surface area contributed by atoms with Crippen molar-refractivity contribution >= 4 is 45.3 Å². The van der Waals surface area contributed by atoms with Gasteiger partial charge in [0.2, 0.25) is 0 Å². The van der Waals surface area contributed by atoms with Gasteiger partial charge in [-0.2, -0.15) is 18.3 Å². The zero-order chi connectivity index (χ0) is 26.6. The molecule has 0 aliphatic heterocycles. The minimum Gasteiger partial charge on any atom is -0.443 e. The second-order valence-corrected chi connectivity index (χ2v) is 9.43. The number of nitrogens with one attached hydrogen (secondary N) is 1. The second-order valence-electron chi connectivity index (χ2n) is 9.02. The van der Waals surface area contributed by atoms with Gasteiger partial charge in [0.25, 0.3) is 0 Å². The van der Waals surface area contributed by atoms with Crippen molar-refractivity contribution < 1.29 is 27.1 Å². The fourth-order valence-corrected chi connectivity index (χ4v) is 4.16. The van der Waals surface area contributed by atoms with Crippen molar-refractivity contribution in [3.05, 3.63) is 46.6 Å². The van der Waals surface area contributed by atoms with Gasteiger partial charge in [-0.15, -0.1) is 0 Å². The Morgan fingerprint density at radius 3 is 2.53 bits per heavy atom. The van der Waals surface area contributed by atoms with Crippen LogP contribution in [0.4, 0.5) is 28.0 Å². The fourth-order valence-electron chi connectivity index (χ4n) is 3.93. The van der Waals surface area contributed by atoms with E-state index in [-0.39, 0.29) is 44.9 Å². The Morgan fingerprint density at radius 2 is 1.97 bits per heavy atom. The Hall–Kier alpha value is -3.38. The number of nitrogens with zero attached hydrogens (tertiary/aromatic N) is 4. The minimum atomic E-state index is -4.74. The van der Waals surface area contributed by atoms with E-state index in [2.05, 4.69) is 15.1 Å². The predicted molar refractivity (Wildman–Crippen MR) is 128 cm³/mol. The Morgan fingerprint density at radius 1 is 1.28 bits per heavy atom. The summed E-state index contributed by atoms with van der Waals surface area (Å²) in [5.74, 6) is -0.689. The molecule has 3 N–H and O–H groups in total. The maximum absolute atomic E-state index is 14.9. The summed E-state index contributed by atoms with van der Waals surface area (Å²) in [5, 5.41) is 4.13. The van der Waals surface area contributed by atoms with Crippen molar-refractivity contribution in [3.8, 4) is 5.69 Å². The number of hydrogen-bond acceptors (Lipinski definition) is 5. The molecule has 0 aliphatic carbocycles. The van der Waals surface area contributed by atoms with Crippen molar-refractivity contribution in [1.82, 2.24) is 19.7 Å². The number of rotatable bonds is 4. The lowest BCUT2D eigenvalue weighted by Gasteiger charge is -2.27. The highest BCUT2D eigenvalue weighted by Gasteiger charge is 2.37. The molecule has 0 bridgehead atoms. The molecular weight excluding hydrogens is 504 g/mol. The molecule has 192 valence electrons.